The average Bonchev–Trinajstić information content (AvgIpc) is 2.77. The molecule has 0 aliphatic rings. The molecule has 0 radical (unpaired) electrons. The molecule has 8 heteroatoms. The van der Waals surface area contributed by atoms with Gasteiger partial charge in [-0.2, -0.15) is 0 Å². The molecule has 20 heavy (non-hydrogen) atoms. The lowest BCUT2D eigenvalue weighted by molar-refractivity contribution is -0.113. The maximum absolute atomic E-state index is 11.8. The molecule has 0 saturated carbocycles. The fraction of sp³-hybridized carbons (Fsp3) is 0.250. The summed E-state index contributed by atoms with van der Waals surface area (Å²) in [6.07, 6.45) is 1.98. The topological polar surface area (TPSA) is 79.8 Å². The third-order valence-electron chi connectivity index (χ3n) is 2.52. The van der Waals surface area contributed by atoms with Crippen molar-refractivity contribution in [3.8, 4) is 0 Å². The second-order valence-electron chi connectivity index (χ2n) is 3.94. The SMILES string of the molecule is CSc1cccc(NC(=O)CSc2n[nH]c(=O)n2C)c1. The van der Waals surface area contributed by atoms with Crippen LogP contribution in [-0.4, -0.2) is 32.7 Å². The van der Waals surface area contributed by atoms with Crippen molar-refractivity contribution in [1.82, 2.24) is 14.8 Å². The fourth-order valence-electron chi connectivity index (χ4n) is 1.49. The monoisotopic (exact) mass is 310 g/mol. The molecule has 1 heterocycles. The number of nitrogens with one attached hydrogen (secondary N) is 2. The summed E-state index contributed by atoms with van der Waals surface area (Å²) in [6.45, 7) is 0. The highest BCUT2D eigenvalue weighted by molar-refractivity contribution is 7.99. The van der Waals surface area contributed by atoms with Gasteiger partial charge in [-0.25, -0.2) is 9.89 Å². The zero-order chi connectivity index (χ0) is 14.5. The van der Waals surface area contributed by atoms with Crippen LogP contribution in [0.25, 0.3) is 0 Å². The summed E-state index contributed by atoms with van der Waals surface area (Å²) in [4.78, 5) is 24.1. The van der Waals surface area contributed by atoms with Crippen LogP contribution in [0.1, 0.15) is 0 Å². The highest BCUT2D eigenvalue weighted by Crippen LogP contribution is 2.19. The number of carbonyl (C=O) groups excluding carboxylic acids is 1. The number of hydrogen-bond donors (Lipinski definition) is 2. The van der Waals surface area contributed by atoms with E-state index in [1.165, 1.54) is 16.3 Å². The molecular weight excluding hydrogens is 296 g/mol. The molecule has 6 nitrogen and oxygen atoms in total. The maximum Gasteiger partial charge on any atom is 0.343 e. The van der Waals surface area contributed by atoms with Gasteiger partial charge >= 0.3 is 5.69 Å². The first-order valence-electron chi connectivity index (χ1n) is 5.78. The molecule has 2 N–H and O–H groups in total. The van der Waals surface area contributed by atoms with Crippen LogP contribution in [0.3, 0.4) is 0 Å². The molecule has 1 aromatic carbocycles. The molecule has 0 atom stereocenters. The predicted molar refractivity (Wildman–Crippen MR) is 81.4 cm³/mol. The Labute approximate surface area is 124 Å². The van der Waals surface area contributed by atoms with Crippen molar-refractivity contribution in [2.45, 2.75) is 10.1 Å². The van der Waals surface area contributed by atoms with E-state index in [0.29, 0.717) is 5.16 Å². The molecule has 0 fully saturated rings. The molecule has 0 aliphatic carbocycles. The average molecular weight is 310 g/mol. The van der Waals surface area contributed by atoms with Crippen molar-refractivity contribution in [3.05, 3.63) is 34.7 Å². The number of aromatic nitrogens is 3. The van der Waals surface area contributed by atoms with Crippen LogP contribution in [0.4, 0.5) is 5.69 Å². The van der Waals surface area contributed by atoms with Crippen LogP contribution in [0, 0.1) is 0 Å². The Morgan fingerprint density at radius 2 is 2.30 bits per heavy atom. The maximum atomic E-state index is 11.8. The second-order valence-corrected chi connectivity index (χ2v) is 5.76. The van der Waals surface area contributed by atoms with Crippen LogP contribution in [0.2, 0.25) is 0 Å². The number of rotatable bonds is 5. The van der Waals surface area contributed by atoms with E-state index in [1.54, 1.807) is 18.8 Å². The fourth-order valence-corrected chi connectivity index (χ4v) is 2.67. The first-order chi connectivity index (χ1) is 9.60. The summed E-state index contributed by atoms with van der Waals surface area (Å²) >= 11 is 2.82. The first kappa shape index (κ1) is 14.7. The molecule has 1 amide bonds. The minimum Gasteiger partial charge on any atom is -0.325 e. The van der Waals surface area contributed by atoms with Gasteiger partial charge in [-0.05, 0) is 24.5 Å². The Morgan fingerprint density at radius 3 is 2.95 bits per heavy atom. The molecule has 0 unspecified atom stereocenters. The lowest BCUT2D eigenvalue weighted by atomic mass is 10.3. The summed E-state index contributed by atoms with van der Waals surface area (Å²) in [6, 6.07) is 7.63. The number of hydrogen-bond acceptors (Lipinski definition) is 5. The lowest BCUT2D eigenvalue weighted by Crippen LogP contribution is -2.16. The van der Waals surface area contributed by atoms with E-state index in [1.807, 2.05) is 30.5 Å². The van der Waals surface area contributed by atoms with Crippen molar-refractivity contribution in [2.24, 2.45) is 7.05 Å². The van der Waals surface area contributed by atoms with Crippen LogP contribution in [-0.2, 0) is 11.8 Å². The number of thioether (sulfide) groups is 2. The molecule has 2 aromatic rings. The quantitative estimate of drug-likeness (QED) is 0.819. The zero-order valence-corrected chi connectivity index (χ0v) is 12.7. The van der Waals surface area contributed by atoms with Gasteiger partial charge in [0.15, 0.2) is 5.16 Å². The number of benzene rings is 1. The Morgan fingerprint density at radius 1 is 1.50 bits per heavy atom. The summed E-state index contributed by atoms with van der Waals surface area (Å²) < 4.78 is 1.37. The van der Waals surface area contributed by atoms with Gasteiger partial charge in [-0.15, -0.1) is 16.9 Å². The zero-order valence-electron chi connectivity index (χ0n) is 11.0. The van der Waals surface area contributed by atoms with Crippen LogP contribution in [0.15, 0.2) is 39.1 Å². The number of carbonyl (C=O) groups is 1. The molecule has 2 rings (SSSR count). The Kier molecular flexibility index (Phi) is 4.91. The van der Waals surface area contributed by atoms with Crippen LogP contribution in [0.5, 0.6) is 0 Å². The van der Waals surface area contributed by atoms with Crippen molar-refractivity contribution in [1.29, 1.82) is 0 Å². The standard InChI is InChI=1S/C12H14N4O2S2/c1-16-11(18)14-15-12(16)20-7-10(17)13-8-4-3-5-9(6-8)19-2/h3-6H,7H2,1-2H3,(H,13,17)(H,14,18). The van der Waals surface area contributed by atoms with Crippen molar-refractivity contribution >= 4 is 35.1 Å². The normalized spacial score (nSPS) is 10.5. The van der Waals surface area contributed by atoms with Gasteiger partial charge < -0.3 is 5.32 Å². The van der Waals surface area contributed by atoms with Gasteiger partial charge in [0.1, 0.15) is 0 Å². The molecule has 0 spiro atoms. The van der Waals surface area contributed by atoms with Gasteiger partial charge in [0.25, 0.3) is 0 Å². The third kappa shape index (κ3) is 3.67. The van der Waals surface area contributed by atoms with Crippen molar-refractivity contribution < 1.29 is 4.79 Å². The van der Waals surface area contributed by atoms with Gasteiger partial charge in [0.2, 0.25) is 5.91 Å². The van der Waals surface area contributed by atoms with E-state index in [9.17, 15) is 9.59 Å². The second kappa shape index (κ2) is 6.67. The number of nitrogens with zero attached hydrogens (tertiary/aromatic N) is 2. The minimum atomic E-state index is -0.291. The Balaban J connectivity index is 1.92. The smallest absolute Gasteiger partial charge is 0.325 e. The highest BCUT2D eigenvalue weighted by Gasteiger charge is 2.09. The van der Waals surface area contributed by atoms with Crippen molar-refractivity contribution in [2.75, 3.05) is 17.3 Å². The van der Waals surface area contributed by atoms with Crippen LogP contribution < -0.4 is 11.0 Å². The largest absolute Gasteiger partial charge is 0.343 e. The van der Waals surface area contributed by atoms with E-state index < -0.39 is 0 Å². The van der Waals surface area contributed by atoms with E-state index >= 15 is 0 Å². The van der Waals surface area contributed by atoms with Crippen LogP contribution >= 0.6 is 23.5 Å². The molecule has 106 valence electrons. The van der Waals surface area contributed by atoms with Gasteiger partial charge in [-0.3, -0.25) is 9.36 Å². The van der Waals surface area contributed by atoms with Gasteiger partial charge in [-0.1, -0.05) is 17.8 Å². The highest BCUT2D eigenvalue weighted by atomic mass is 32.2. The van der Waals surface area contributed by atoms with E-state index in [-0.39, 0.29) is 17.3 Å². The Hall–Kier alpha value is -1.67. The first-order valence-corrected chi connectivity index (χ1v) is 7.99. The summed E-state index contributed by atoms with van der Waals surface area (Å²) in [5.41, 5.74) is 0.471. The third-order valence-corrected chi connectivity index (χ3v) is 4.28. The van der Waals surface area contributed by atoms with E-state index in [0.717, 1.165) is 10.6 Å². The summed E-state index contributed by atoms with van der Waals surface area (Å²) in [5, 5.41) is 9.46. The van der Waals surface area contributed by atoms with Crippen molar-refractivity contribution in [3.63, 3.8) is 0 Å². The van der Waals surface area contributed by atoms with Gasteiger partial charge in [0.05, 0.1) is 5.75 Å². The minimum absolute atomic E-state index is 0.135. The number of H-pyrrole nitrogens is 1. The molecule has 1 aromatic heterocycles. The molecule has 0 saturated heterocycles. The molecular formula is C12H14N4O2S2. The molecule has 0 aliphatic heterocycles. The van der Waals surface area contributed by atoms with E-state index in [2.05, 4.69) is 15.5 Å². The number of aromatic amines is 1. The Bertz CT molecular complexity index is 665. The number of amides is 1. The molecule has 0 bridgehead atoms. The number of anilines is 1. The van der Waals surface area contributed by atoms with Gasteiger partial charge in [0, 0.05) is 17.6 Å². The lowest BCUT2D eigenvalue weighted by Gasteiger charge is -2.06. The predicted octanol–water partition coefficient (Wildman–Crippen LogP) is 1.56. The van der Waals surface area contributed by atoms with E-state index in [4.69, 9.17) is 0 Å². The summed E-state index contributed by atoms with van der Waals surface area (Å²) in [5.74, 6) is 0.0606. The summed E-state index contributed by atoms with van der Waals surface area (Å²) in [7, 11) is 1.61.